The van der Waals surface area contributed by atoms with E-state index in [1.54, 1.807) is 12.1 Å². The number of nitrogens with zero attached hydrogens (tertiary/aromatic N) is 1. The summed E-state index contributed by atoms with van der Waals surface area (Å²) in [5, 5.41) is 20.7. The molecule has 0 aliphatic carbocycles. The predicted octanol–water partition coefficient (Wildman–Crippen LogP) is 1.78. The van der Waals surface area contributed by atoms with Crippen molar-refractivity contribution in [1.29, 1.82) is 5.26 Å². The molecule has 0 aliphatic heterocycles. The van der Waals surface area contributed by atoms with E-state index in [2.05, 4.69) is 11.4 Å². The summed E-state index contributed by atoms with van der Waals surface area (Å²) < 4.78 is 0. The van der Waals surface area contributed by atoms with Gasteiger partial charge in [0, 0.05) is 12.6 Å². The number of nitriles is 1. The highest BCUT2D eigenvalue weighted by molar-refractivity contribution is 5.25. The molecule has 0 fully saturated rings. The van der Waals surface area contributed by atoms with Crippen LogP contribution in [0.3, 0.4) is 0 Å². The molecule has 14 heavy (non-hydrogen) atoms. The van der Waals surface area contributed by atoms with Crippen LogP contribution in [0.1, 0.15) is 18.9 Å². The Morgan fingerprint density at radius 2 is 2.07 bits per heavy atom. The van der Waals surface area contributed by atoms with Crippen LogP contribution in [0.4, 0.5) is 0 Å². The highest BCUT2D eigenvalue weighted by atomic mass is 16.3. The maximum Gasteiger partial charge on any atom is 0.115 e. The van der Waals surface area contributed by atoms with Gasteiger partial charge in [0.2, 0.25) is 0 Å². The normalized spacial score (nSPS) is 12.0. The number of phenols is 1. The minimum atomic E-state index is 0.203. The lowest BCUT2D eigenvalue weighted by atomic mass is 10.2. The van der Waals surface area contributed by atoms with Crippen LogP contribution in [0, 0.1) is 11.3 Å². The Kier molecular flexibility index (Phi) is 3.96. The van der Waals surface area contributed by atoms with Gasteiger partial charge in [-0.2, -0.15) is 5.26 Å². The molecule has 1 unspecified atom stereocenters. The molecule has 0 bridgehead atoms. The summed E-state index contributed by atoms with van der Waals surface area (Å²) in [7, 11) is 0. The van der Waals surface area contributed by atoms with Crippen molar-refractivity contribution in [3.05, 3.63) is 29.8 Å². The van der Waals surface area contributed by atoms with Gasteiger partial charge >= 0.3 is 0 Å². The molecule has 0 saturated carbocycles. The van der Waals surface area contributed by atoms with Crippen LogP contribution in [0.5, 0.6) is 5.75 Å². The topological polar surface area (TPSA) is 56.0 Å². The summed E-state index contributed by atoms with van der Waals surface area (Å²) in [6, 6.07) is 9.36. The molecular weight excluding hydrogens is 176 g/mol. The van der Waals surface area contributed by atoms with Gasteiger partial charge in [0.15, 0.2) is 0 Å². The molecule has 0 radical (unpaired) electrons. The van der Waals surface area contributed by atoms with E-state index >= 15 is 0 Å². The molecule has 1 aromatic carbocycles. The average molecular weight is 190 g/mol. The Hall–Kier alpha value is -1.53. The Morgan fingerprint density at radius 1 is 1.43 bits per heavy atom. The van der Waals surface area contributed by atoms with Gasteiger partial charge in [-0.3, -0.25) is 0 Å². The number of aromatic hydroxyl groups is 1. The summed E-state index contributed by atoms with van der Waals surface area (Å²) in [6.45, 7) is 2.70. The van der Waals surface area contributed by atoms with Gasteiger partial charge in [0.1, 0.15) is 5.75 Å². The Bertz CT molecular complexity index is 313. The van der Waals surface area contributed by atoms with E-state index in [0.717, 1.165) is 12.1 Å². The number of hydrogen-bond donors (Lipinski definition) is 2. The highest BCUT2D eigenvalue weighted by Gasteiger charge is 1.99. The first-order valence-electron chi connectivity index (χ1n) is 4.60. The van der Waals surface area contributed by atoms with E-state index in [-0.39, 0.29) is 11.8 Å². The fraction of sp³-hybridized carbons (Fsp3) is 0.364. The van der Waals surface area contributed by atoms with E-state index in [9.17, 15) is 0 Å². The minimum absolute atomic E-state index is 0.203. The summed E-state index contributed by atoms with van der Waals surface area (Å²) >= 11 is 0. The van der Waals surface area contributed by atoms with Crippen molar-refractivity contribution in [1.82, 2.24) is 5.32 Å². The van der Waals surface area contributed by atoms with Crippen LogP contribution in [-0.4, -0.2) is 11.1 Å². The molecule has 2 N–H and O–H groups in total. The molecule has 3 nitrogen and oxygen atoms in total. The van der Waals surface area contributed by atoms with Crippen LogP contribution >= 0.6 is 0 Å². The van der Waals surface area contributed by atoms with Crippen molar-refractivity contribution in [2.45, 2.75) is 25.9 Å². The highest BCUT2D eigenvalue weighted by Crippen LogP contribution is 2.09. The second-order valence-electron chi connectivity index (χ2n) is 3.31. The third-order valence-electron chi connectivity index (χ3n) is 1.99. The zero-order valence-corrected chi connectivity index (χ0v) is 8.20. The largest absolute Gasteiger partial charge is 0.508 e. The van der Waals surface area contributed by atoms with Crippen molar-refractivity contribution >= 4 is 0 Å². The van der Waals surface area contributed by atoms with Gasteiger partial charge in [-0.25, -0.2) is 0 Å². The van der Waals surface area contributed by atoms with Gasteiger partial charge < -0.3 is 10.4 Å². The van der Waals surface area contributed by atoms with Gasteiger partial charge in [0.25, 0.3) is 0 Å². The van der Waals surface area contributed by atoms with Crippen molar-refractivity contribution in [2.24, 2.45) is 0 Å². The molecule has 1 aromatic rings. The number of rotatable bonds is 4. The molecule has 1 atom stereocenters. The molecule has 74 valence electrons. The van der Waals surface area contributed by atoms with Crippen molar-refractivity contribution in [2.75, 3.05) is 0 Å². The molecular formula is C11H14N2O. The van der Waals surface area contributed by atoms with Crippen molar-refractivity contribution in [3.63, 3.8) is 0 Å². The average Bonchev–Trinajstić information content (AvgIpc) is 2.17. The van der Waals surface area contributed by atoms with Crippen molar-refractivity contribution < 1.29 is 5.11 Å². The van der Waals surface area contributed by atoms with Gasteiger partial charge in [-0.15, -0.1) is 0 Å². The molecule has 0 amide bonds. The predicted molar refractivity (Wildman–Crippen MR) is 54.6 cm³/mol. The third-order valence-corrected chi connectivity index (χ3v) is 1.99. The fourth-order valence-electron chi connectivity index (χ4n) is 1.11. The van der Waals surface area contributed by atoms with Gasteiger partial charge in [-0.05, 0) is 24.6 Å². The monoisotopic (exact) mass is 190 g/mol. The summed E-state index contributed by atoms with van der Waals surface area (Å²) in [5.41, 5.74) is 1.10. The van der Waals surface area contributed by atoms with Crippen LogP contribution in [-0.2, 0) is 6.54 Å². The Labute approximate surface area is 84.0 Å². The first-order valence-corrected chi connectivity index (χ1v) is 4.60. The molecule has 0 saturated heterocycles. The molecule has 0 heterocycles. The van der Waals surface area contributed by atoms with E-state index in [1.165, 1.54) is 0 Å². The number of benzene rings is 1. The second-order valence-corrected chi connectivity index (χ2v) is 3.31. The Morgan fingerprint density at radius 3 is 2.64 bits per heavy atom. The van der Waals surface area contributed by atoms with Gasteiger partial charge in [-0.1, -0.05) is 12.1 Å². The lowest BCUT2D eigenvalue weighted by molar-refractivity contribution is 0.474. The minimum Gasteiger partial charge on any atom is -0.508 e. The first-order chi connectivity index (χ1) is 6.72. The maximum absolute atomic E-state index is 9.05. The summed E-state index contributed by atoms with van der Waals surface area (Å²) in [5.74, 6) is 0.277. The van der Waals surface area contributed by atoms with Crippen LogP contribution < -0.4 is 5.32 Å². The molecule has 1 rings (SSSR count). The smallest absolute Gasteiger partial charge is 0.115 e. The third kappa shape index (κ3) is 3.46. The number of phenolic OH excluding ortho intramolecular Hbond substituents is 1. The lowest BCUT2D eigenvalue weighted by Crippen LogP contribution is -2.24. The van der Waals surface area contributed by atoms with Crippen LogP contribution in [0.2, 0.25) is 0 Å². The van der Waals surface area contributed by atoms with E-state index in [0.29, 0.717) is 6.42 Å². The zero-order valence-electron chi connectivity index (χ0n) is 8.20. The van der Waals surface area contributed by atoms with E-state index in [4.69, 9.17) is 10.4 Å². The lowest BCUT2D eigenvalue weighted by Gasteiger charge is -2.09. The molecule has 0 spiro atoms. The second kappa shape index (κ2) is 5.25. The quantitative estimate of drug-likeness (QED) is 0.761. The Balaban J connectivity index is 2.39. The fourth-order valence-corrected chi connectivity index (χ4v) is 1.11. The van der Waals surface area contributed by atoms with E-state index in [1.807, 2.05) is 19.1 Å². The van der Waals surface area contributed by atoms with Crippen LogP contribution in [0.15, 0.2) is 24.3 Å². The first kappa shape index (κ1) is 10.6. The maximum atomic E-state index is 9.05. The molecule has 0 aromatic heterocycles. The summed E-state index contributed by atoms with van der Waals surface area (Å²) in [6.07, 6.45) is 0.512. The zero-order chi connectivity index (χ0) is 10.4. The van der Waals surface area contributed by atoms with Crippen LogP contribution in [0.25, 0.3) is 0 Å². The van der Waals surface area contributed by atoms with Gasteiger partial charge in [0.05, 0.1) is 12.5 Å². The molecule has 0 aliphatic rings. The van der Waals surface area contributed by atoms with E-state index < -0.39 is 0 Å². The van der Waals surface area contributed by atoms with Crippen molar-refractivity contribution in [3.8, 4) is 11.8 Å². The molecule has 3 heteroatoms. The summed E-state index contributed by atoms with van der Waals surface area (Å²) in [4.78, 5) is 0. The standard InChI is InChI=1S/C11H14N2O/c1-9(6-7-12)13-8-10-2-4-11(14)5-3-10/h2-5,9,13-14H,6,8H2,1H3. The number of hydrogen-bond acceptors (Lipinski definition) is 3. The number of nitrogens with one attached hydrogen (secondary N) is 1. The SMILES string of the molecule is CC(CC#N)NCc1ccc(O)cc1.